The van der Waals surface area contributed by atoms with E-state index in [9.17, 15) is 13.2 Å². The number of ether oxygens (including phenoxy) is 1. The smallest absolute Gasteiger partial charge is 0.222 e. The third kappa shape index (κ3) is 4.29. The van der Waals surface area contributed by atoms with E-state index >= 15 is 0 Å². The molecule has 150 valence electrons. The van der Waals surface area contributed by atoms with Gasteiger partial charge in [0.15, 0.2) is 0 Å². The van der Waals surface area contributed by atoms with Gasteiger partial charge in [0, 0.05) is 52.4 Å². The summed E-state index contributed by atoms with van der Waals surface area (Å²) in [6.07, 6.45) is 3.16. The number of fused-ring (bicyclic) bond motifs is 1. The fourth-order valence-electron chi connectivity index (χ4n) is 4.19. The van der Waals surface area contributed by atoms with Crippen molar-refractivity contribution in [2.45, 2.75) is 50.5 Å². The van der Waals surface area contributed by atoms with Gasteiger partial charge in [-0.3, -0.25) is 4.79 Å². The lowest BCUT2D eigenvalue weighted by molar-refractivity contribution is -0.129. The first-order valence-corrected chi connectivity index (χ1v) is 11.3. The maximum Gasteiger partial charge on any atom is 0.222 e. The molecule has 1 fully saturated rings. The van der Waals surface area contributed by atoms with Crippen molar-refractivity contribution in [1.29, 1.82) is 0 Å². The number of piperidine rings is 1. The van der Waals surface area contributed by atoms with Crippen LogP contribution in [0.5, 0.6) is 5.75 Å². The van der Waals surface area contributed by atoms with E-state index in [0.29, 0.717) is 38.8 Å². The van der Waals surface area contributed by atoms with Crippen LogP contribution in [0.25, 0.3) is 0 Å². The molecule has 2 heterocycles. The Hall–Kier alpha value is -1.60. The van der Waals surface area contributed by atoms with Crippen LogP contribution in [-0.4, -0.2) is 62.1 Å². The molecule has 6 nitrogen and oxygen atoms in total. The van der Waals surface area contributed by atoms with Gasteiger partial charge in [-0.15, -0.1) is 0 Å². The highest BCUT2D eigenvalue weighted by Crippen LogP contribution is 2.46. The summed E-state index contributed by atoms with van der Waals surface area (Å²) in [6, 6.07) is 7.93. The van der Waals surface area contributed by atoms with Crippen molar-refractivity contribution >= 4 is 15.9 Å². The number of hydrogen-bond donors (Lipinski definition) is 0. The number of rotatable bonds is 5. The molecule has 1 spiro atoms. The normalized spacial score (nSPS) is 22.1. The number of carbonyl (C=O) groups excluding carboxylic acids is 1. The van der Waals surface area contributed by atoms with Crippen molar-refractivity contribution in [3.8, 4) is 5.75 Å². The van der Waals surface area contributed by atoms with Crippen LogP contribution in [0.1, 0.15) is 50.5 Å². The Morgan fingerprint density at radius 2 is 1.93 bits per heavy atom. The van der Waals surface area contributed by atoms with Gasteiger partial charge >= 0.3 is 0 Å². The molecule has 1 aromatic rings. The van der Waals surface area contributed by atoms with E-state index in [1.54, 1.807) is 23.3 Å². The summed E-state index contributed by atoms with van der Waals surface area (Å²) in [4.78, 5) is 14.0. The van der Waals surface area contributed by atoms with Crippen LogP contribution in [0.3, 0.4) is 0 Å². The summed E-state index contributed by atoms with van der Waals surface area (Å²) in [5.74, 6) is 1.24. The molecule has 0 saturated carbocycles. The molecule has 1 amide bonds. The van der Waals surface area contributed by atoms with E-state index in [2.05, 4.69) is 0 Å². The minimum absolute atomic E-state index is 0.101. The van der Waals surface area contributed by atoms with E-state index in [1.807, 2.05) is 31.2 Å². The van der Waals surface area contributed by atoms with Crippen LogP contribution in [0.2, 0.25) is 0 Å². The summed E-state index contributed by atoms with van der Waals surface area (Å²) in [5.41, 5.74) is 0.698. The van der Waals surface area contributed by atoms with Gasteiger partial charge in [-0.1, -0.05) is 25.1 Å². The topological polar surface area (TPSA) is 66.9 Å². The maximum absolute atomic E-state index is 12.4. The van der Waals surface area contributed by atoms with Gasteiger partial charge in [-0.05, 0) is 24.5 Å². The lowest BCUT2D eigenvalue weighted by Gasteiger charge is -2.46. The summed E-state index contributed by atoms with van der Waals surface area (Å²) < 4.78 is 32.8. The Kier molecular flexibility index (Phi) is 5.82. The quantitative estimate of drug-likeness (QED) is 0.770. The maximum atomic E-state index is 12.4. The van der Waals surface area contributed by atoms with Crippen molar-refractivity contribution in [2.75, 3.05) is 32.9 Å². The molecule has 1 aromatic carbocycles. The largest absolute Gasteiger partial charge is 0.487 e. The van der Waals surface area contributed by atoms with Crippen molar-refractivity contribution in [3.05, 3.63) is 29.8 Å². The highest BCUT2D eigenvalue weighted by atomic mass is 32.2. The number of benzene rings is 1. The first-order chi connectivity index (χ1) is 12.8. The van der Waals surface area contributed by atoms with Crippen LogP contribution in [0.15, 0.2) is 24.3 Å². The molecule has 7 heteroatoms. The van der Waals surface area contributed by atoms with Gasteiger partial charge < -0.3 is 9.64 Å². The Morgan fingerprint density at radius 1 is 1.26 bits per heavy atom. The number of nitrogens with zero attached hydrogens (tertiary/aromatic N) is 2. The lowest BCUT2D eigenvalue weighted by Crippen LogP contribution is -2.52. The van der Waals surface area contributed by atoms with Crippen LogP contribution in [0.4, 0.5) is 0 Å². The number of sulfonamides is 1. The van der Waals surface area contributed by atoms with Crippen LogP contribution in [-0.2, 0) is 14.8 Å². The monoisotopic (exact) mass is 394 g/mol. The Balaban J connectivity index is 1.79. The summed E-state index contributed by atoms with van der Waals surface area (Å²) >= 11 is 0. The fourth-order valence-corrected chi connectivity index (χ4v) is 5.70. The molecule has 0 bridgehead atoms. The van der Waals surface area contributed by atoms with Crippen molar-refractivity contribution < 1.29 is 17.9 Å². The Labute approximate surface area is 162 Å². The standard InChI is InChI=1S/C20H30N2O4S/c1-4-13-27(24,25)22-11-9-20(10-12-22)15-16(14-19(23)21(2)3)17-7-5-6-8-18(17)26-20/h5-8,16H,4,9-15H2,1-3H3/t16-/m0/s1. The van der Waals surface area contributed by atoms with Gasteiger partial charge in [0.2, 0.25) is 15.9 Å². The van der Waals surface area contributed by atoms with E-state index in [4.69, 9.17) is 4.74 Å². The van der Waals surface area contributed by atoms with E-state index in [1.165, 1.54) is 0 Å². The van der Waals surface area contributed by atoms with E-state index in [0.717, 1.165) is 17.7 Å². The minimum Gasteiger partial charge on any atom is -0.487 e. The molecular weight excluding hydrogens is 364 g/mol. The van der Waals surface area contributed by atoms with Gasteiger partial charge in [0.1, 0.15) is 11.4 Å². The number of para-hydroxylation sites is 1. The molecule has 2 aliphatic rings. The molecule has 0 radical (unpaired) electrons. The predicted molar refractivity (Wildman–Crippen MR) is 105 cm³/mol. The molecule has 0 unspecified atom stereocenters. The summed E-state index contributed by atoms with van der Waals surface area (Å²) in [5, 5.41) is 0. The van der Waals surface area contributed by atoms with Crippen molar-refractivity contribution in [2.24, 2.45) is 0 Å². The second-order valence-electron chi connectivity index (χ2n) is 7.93. The molecule has 3 rings (SSSR count). The van der Waals surface area contributed by atoms with E-state index in [-0.39, 0.29) is 23.2 Å². The fraction of sp³-hybridized carbons (Fsp3) is 0.650. The molecule has 0 N–H and O–H groups in total. The molecule has 0 aliphatic carbocycles. The molecular formula is C20H30N2O4S. The first-order valence-electron chi connectivity index (χ1n) is 9.72. The summed E-state index contributed by atoms with van der Waals surface area (Å²) in [6.45, 7) is 2.86. The summed E-state index contributed by atoms with van der Waals surface area (Å²) in [7, 11) is 0.380. The number of carbonyl (C=O) groups is 1. The zero-order valence-electron chi connectivity index (χ0n) is 16.5. The lowest BCUT2D eigenvalue weighted by atomic mass is 9.76. The molecule has 1 saturated heterocycles. The van der Waals surface area contributed by atoms with Gasteiger partial charge in [0.05, 0.1) is 5.75 Å². The molecule has 1 atom stereocenters. The average Bonchev–Trinajstić information content (AvgIpc) is 2.62. The minimum atomic E-state index is -3.18. The SMILES string of the molecule is CCCS(=O)(=O)N1CCC2(CC1)C[C@H](CC(=O)N(C)C)c1ccccc1O2. The number of hydrogen-bond acceptors (Lipinski definition) is 4. The molecule has 2 aliphatic heterocycles. The van der Waals surface area contributed by atoms with Crippen LogP contribution < -0.4 is 4.74 Å². The molecule has 0 aromatic heterocycles. The Morgan fingerprint density at radius 3 is 2.56 bits per heavy atom. The Bertz CT molecular complexity index is 783. The van der Waals surface area contributed by atoms with E-state index < -0.39 is 10.0 Å². The third-order valence-corrected chi connectivity index (χ3v) is 7.79. The van der Waals surface area contributed by atoms with Gasteiger partial charge in [0.25, 0.3) is 0 Å². The second kappa shape index (κ2) is 7.80. The second-order valence-corrected chi connectivity index (χ2v) is 10.0. The van der Waals surface area contributed by atoms with Crippen LogP contribution in [0, 0.1) is 0 Å². The van der Waals surface area contributed by atoms with Gasteiger partial charge in [-0.2, -0.15) is 0 Å². The van der Waals surface area contributed by atoms with Crippen molar-refractivity contribution in [3.63, 3.8) is 0 Å². The molecule has 27 heavy (non-hydrogen) atoms. The zero-order valence-corrected chi connectivity index (χ0v) is 17.3. The number of amides is 1. The third-order valence-electron chi connectivity index (χ3n) is 5.71. The first kappa shape index (κ1) is 20.1. The van der Waals surface area contributed by atoms with Crippen LogP contribution >= 0.6 is 0 Å². The van der Waals surface area contributed by atoms with Gasteiger partial charge in [-0.25, -0.2) is 12.7 Å². The predicted octanol–water partition coefficient (Wildman–Crippen LogP) is 2.61. The average molecular weight is 395 g/mol. The highest BCUT2D eigenvalue weighted by Gasteiger charge is 2.45. The van der Waals surface area contributed by atoms with Crippen molar-refractivity contribution in [1.82, 2.24) is 9.21 Å². The highest BCUT2D eigenvalue weighted by molar-refractivity contribution is 7.89. The zero-order chi connectivity index (χ0) is 19.7.